The maximum absolute atomic E-state index is 12.6. The highest BCUT2D eigenvalue weighted by atomic mass is 16.2. The topological polar surface area (TPSA) is 52.7 Å². The number of amides is 2. The van der Waals surface area contributed by atoms with E-state index in [1.807, 2.05) is 49.5 Å². The summed E-state index contributed by atoms with van der Waals surface area (Å²) < 4.78 is 0. The minimum absolute atomic E-state index is 0.0504. The molecule has 2 aromatic carbocycles. The van der Waals surface area contributed by atoms with E-state index in [-0.39, 0.29) is 23.7 Å². The molecule has 2 aliphatic rings. The van der Waals surface area contributed by atoms with Crippen LogP contribution < -0.4 is 10.2 Å². The normalized spacial score (nSPS) is 20.8. The Balaban J connectivity index is 1.28. The molecule has 5 nitrogen and oxygen atoms in total. The van der Waals surface area contributed by atoms with Crippen molar-refractivity contribution in [3.05, 3.63) is 60.2 Å². The maximum atomic E-state index is 12.6. The van der Waals surface area contributed by atoms with Crippen LogP contribution in [0, 0.1) is 11.8 Å². The molecule has 1 aliphatic heterocycles. The molecule has 1 aliphatic carbocycles. The quantitative estimate of drug-likeness (QED) is 0.812. The predicted octanol–water partition coefficient (Wildman–Crippen LogP) is 3.91. The zero-order valence-corrected chi connectivity index (χ0v) is 17.0. The van der Waals surface area contributed by atoms with E-state index in [4.69, 9.17) is 0 Å². The highest BCUT2D eigenvalue weighted by Gasteiger charge is 2.49. The molecule has 4 rings (SSSR count). The number of hydrogen-bond acceptors (Lipinski definition) is 3. The highest BCUT2D eigenvalue weighted by Crippen LogP contribution is 2.41. The Hall–Kier alpha value is -2.82. The fourth-order valence-electron chi connectivity index (χ4n) is 4.12. The smallest absolute Gasteiger partial charge is 0.228 e. The zero-order valence-electron chi connectivity index (χ0n) is 17.0. The van der Waals surface area contributed by atoms with Gasteiger partial charge in [0.15, 0.2) is 0 Å². The molecule has 1 heterocycles. The zero-order chi connectivity index (χ0) is 20.2. The van der Waals surface area contributed by atoms with Gasteiger partial charge >= 0.3 is 0 Å². The Morgan fingerprint density at radius 2 is 1.66 bits per heavy atom. The lowest BCUT2D eigenvalue weighted by Crippen LogP contribution is -2.29. The Morgan fingerprint density at radius 3 is 2.34 bits per heavy atom. The molecular weight excluding hydrogens is 362 g/mol. The van der Waals surface area contributed by atoms with Gasteiger partial charge in [0, 0.05) is 38.1 Å². The van der Waals surface area contributed by atoms with Gasteiger partial charge in [-0.2, -0.15) is 0 Å². The molecule has 2 aromatic rings. The summed E-state index contributed by atoms with van der Waals surface area (Å²) in [6.07, 6.45) is 4.44. The second kappa shape index (κ2) is 8.68. The number of anilines is 2. The van der Waals surface area contributed by atoms with Gasteiger partial charge in [-0.05, 0) is 55.5 Å². The summed E-state index contributed by atoms with van der Waals surface area (Å²) in [6, 6.07) is 18.0. The van der Waals surface area contributed by atoms with Gasteiger partial charge in [0.05, 0.1) is 11.8 Å². The first-order chi connectivity index (χ1) is 14.1. The van der Waals surface area contributed by atoms with Crippen LogP contribution in [0.15, 0.2) is 54.6 Å². The van der Waals surface area contributed by atoms with E-state index in [1.165, 1.54) is 24.9 Å². The van der Waals surface area contributed by atoms with Crippen LogP contribution in [0.1, 0.15) is 31.2 Å². The van der Waals surface area contributed by atoms with Gasteiger partial charge < -0.3 is 15.1 Å². The maximum Gasteiger partial charge on any atom is 0.228 e. The van der Waals surface area contributed by atoms with Crippen LogP contribution in [0.25, 0.3) is 0 Å². The van der Waals surface area contributed by atoms with Gasteiger partial charge in [-0.1, -0.05) is 30.3 Å². The monoisotopic (exact) mass is 391 g/mol. The van der Waals surface area contributed by atoms with E-state index in [0.717, 1.165) is 24.3 Å². The van der Waals surface area contributed by atoms with E-state index in [9.17, 15) is 9.59 Å². The fourth-order valence-corrected chi connectivity index (χ4v) is 4.12. The van der Waals surface area contributed by atoms with Gasteiger partial charge in [0.25, 0.3) is 0 Å². The molecule has 152 valence electrons. The van der Waals surface area contributed by atoms with Crippen molar-refractivity contribution in [1.82, 2.24) is 4.90 Å². The first-order valence-corrected chi connectivity index (χ1v) is 10.6. The second-order valence-corrected chi connectivity index (χ2v) is 8.21. The number of nitrogens with zero attached hydrogens (tertiary/aromatic N) is 2. The number of hydrogen-bond donors (Lipinski definition) is 1. The molecule has 2 amide bonds. The first-order valence-electron chi connectivity index (χ1n) is 10.6. The van der Waals surface area contributed by atoms with E-state index in [2.05, 4.69) is 22.3 Å². The molecule has 1 saturated heterocycles. The minimum atomic E-state index is -0.220. The van der Waals surface area contributed by atoms with Crippen LogP contribution >= 0.6 is 0 Å². The summed E-state index contributed by atoms with van der Waals surface area (Å²) in [5.41, 5.74) is 3.11. The molecule has 0 spiro atoms. The third-order valence-corrected chi connectivity index (χ3v) is 5.94. The van der Waals surface area contributed by atoms with Crippen molar-refractivity contribution in [1.29, 1.82) is 0 Å². The van der Waals surface area contributed by atoms with Gasteiger partial charge in [0.1, 0.15) is 0 Å². The molecule has 2 fully saturated rings. The standard InChI is InChI=1S/C24H29N3O2/c1-26(17-18-8-4-2-5-9-18)24(29)22-16-21(22)23(28)25-19-10-12-20(13-11-19)27-14-6-3-7-15-27/h2,4-5,8-13,21-22H,3,6-7,14-17H2,1H3,(H,25,28). The molecular formula is C24H29N3O2. The lowest BCUT2D eigenvalue weighted by Gasteiger charge is -2.28. The average molecular weight is 392 g/mol. The van der Waals surface area contributed by atoms with Crippen molar-refractivity contribution in [3.8, 4) is 0 Å². The van der Waals surface area contributed by atoms with Crippen molar-refractivity contribution >= 4 is 23.2 Å². The summed E-state index contributed by atoms with van der Waals surface area (Å²) in [5, 5.41) is 2.98. The first kappa shape index (κ1) is 19.5. The molecule has 0 aromatic heterocycles. The van der Waals surface area contributed by atoms with E-state index in [0.29, 0.717) is 13.0 Å². The Kier molecular flexibility index (Phi) is 5.84. The van der Waals surface area contributed by atoms with E-state index >= 15 is 0 Å². The van der Waals surface area contributed by atoms with Gasteiger partial charge in [0.2, 0.25) is 11.8 Å². The fraction of sp³-hybridized carbons (Fsp3) is 0.417. The highest BCUT2D eigenvalue weighted by molar-refractivity contribution is 5.99. The Bertz CT molecular complexity index is 844. The summed E-state index contributed by atoms with van der Waals surface area (Å²) in [6.45, 7) is 2.78. The molecule has 0 radical (unpaired) electrons. The van der Waals surface area contributed by atoms with Crippen LogP contribution in [0.2, 0.25) is 0 Å². The lowest BCUT2D eigenvalue weighted by molar-refractivity contribution is -0.133. The number of nitrogens with one attached hydrogen (secondary N) is 1. The number of carbonyl (C=O) groups is 2. The minimum Gasteiger partial charge on any atom is -0.372 e. The molecule has 2 unspecified atom stereocenters. The predicted molar refractivity (Wildman–Crippen MR) is 116 cm³/mol. The number of carbonyl (C=O) groups excluding carboxylic acids is 2. The lowest BCUT2D eigenvalue weighted by atomic mass is 10.1. The van der Waals surface area contributed by atoms with Crippen molar-refractivity contribution < 1.29 is 9.59 Å². The molecule has 1 saturated carbocycles. The molecule has 0 bridgehead atoms. The molecule has 2 atom stereocenters. The van der Waals surface area contributed by atoms with Crippen molar-refractivity contribution in [2.45, 2.75) is 32.2 Å². The van der Waals surface area contributed by atoms with Crippen molar-refractivity contribution in [3.63, 3.8) is 0 Å². The van der Waals surface area contributed by atoms with Crippen LogP contribution in [-0.4, -0.2) is 36.9 Å². The Morgan fingerprint density at radius 1 is 0.966 bits per heavy atom. The summed E-state index contributed by atoms with van der Waals surface area (Å²) in [4.78, 5) is 29.3. The summed E-state index contributed by atoms with van der Waals surface area (Å²) in [7, 11) is 1.81. The Labute approximate surface area is 172 Å². The van der Waals surface area contributed by atoms with Gasteiger partial charge in [-0.15, -0.1) is 0 Å². The van der Waals surface area contributed by atoms with E-state index in [1.54, 1.807) is 4.90 Å². The number of benzene rings is 2. The third-order valence-electron chi connectivity index (χ3n) is 5.94. The second-order valence-electron chi connectivity index (χ2n) is 8.21. The largest absolute Gasteiger partial charge is 0.372 e. The third kappa shape index (κ3) is 4.78. The van der Waals surface area contributed by atoms with Gasteiger partial charge in [-0.3, -0.25) is 9.59 Å². The van der Waals surface area contributed by atoms with Crippen LogP contribution in [0.5, 0.6) is 0 Å². The summed E-state index contributed by atoms with van der Waals surface area (Å²) >= 11 is 0. The summed E-state index contributed by atoms with van der Waals surface area (Å²) in [5.74, 6) is -0.421. The van der Waals surface area contributed by atoms with Crippen molar-refractivity contribution in [2.75, 3.05) is 30.4 Å². The van der Waals surface area contributed by atoms with Crippen LogP contribution in [0.4, 0.5) is 11.4 Å². The SMILES string of the molecule is CN(Cc1ccccc1)C(=O)C1CC1C(=O)Nc1ccc(N2CCCCC2)cc1. The number of piperidine rings is 1. The average Bonchev–Trinajstić information content (AvgIpc) is 3.56. The molecule has 5 heteroatoms. The number of rotatable bonds is 6. The van der Waals surface area contributed by atoms with Crippen LogP contribution in [-0.2, 0) is 16.1 Å². The molecule has 1 N–H and O–H groups in total. The molecule has 29 heavy (non-hydrogen) atoms. The van der Waals surface area contributed by atoms with Crippen molar-refractivity contribution in [2.24, 2.45) is 11.8 Å². The van der Waals surface area contributed by atoms with Gasteiger partial charge in [-0.25, -0.2) is 0 Å². The van der Waals surface area contributed by atoms with Crippen LogP contribution in [0.3, 0.4) is 0 Å². The van der Waals surface area contributed by atoms with E-state index < -0.39 is 0 Å².